The highest BCUT2D eigenvalue weighted by Crippen LogP contribution is 2.33. The monoisotopic (exact) mass is 428 g/mol. The number of nitrogens with zero attached hydrogens (tertiary/aromatic N) is 3. The summed E-state index contributed by atoms with van der Waals surface area (Å²) < 4.78 is 12.4. The van der Waals surface area contributed by atoms with Crippen LogP contribution < -0.4 is 14.8 Å². The Hall–Kier alpha value is -3.06. The Bertz CT molecular complexity index is 1090. The lowest BCUT2D eigenvalue weighted by Gasteiger charge is -2.19. The van der Waals surface area contributed by atoms with E-state index in [0.717, 1.165) is 22.5 Å². The summed E-state index contributed by atoms with van der Waals surface area (Å²) in [5.74, 6) is 1.40. The van der Waals surface area contributed by atoms with E-state index < -0.39 is 0 Å². The van der Waals surface area contributed by atoms with Crippen LogP contribution in [0, 0.1) is 20.8 Å². The van der Waals surface area contributed by atoms with Crippen LogP contribution in [0.2, 0.25) is 5.02 Å². The Morgan fingerprint density at radius 2 is 1.77 bits per heavy atom. The number of hydrogen-bond donors (Lipinski definition) is 1. The summed E-state index contributed by atoms with van der Waals surface area (Å²) in [5, 5.41) is 7.66. The number of ether oxygens (including phenoxy) is 2. The van der Waals surface area contributed by atoms with Gasteiger partial charge in [-0.15, -0.1) is 0 Å². The molecule has 30 heavy (non-hydrogen) atoms. The van der Waals surface area contributed by atoms with Gasteiger partial charge in [0.1, 0.15) is 5.69 Å². The second-order valence-electron chi connectivity index (χ2n) is 7.10. The molecule has 0 fully saturated rings. The number of benzene rings is 1. The lowest BCUT2D eigenvalue weighted by molar-refractivity contribution is 0.0935. The number of rotatable bonds is 6. The van der Waals surface area contributed by atoms with Gasteiger partial charge in [0.2, 0.25) is 0 Å². The maximum absolute atomic E-state index is 13.0. The molecule has 1 unspecified atom stereocenters. The van der Waals surface area contributed by atoms with Gasteiger partial charge in [0.25, 0.3) is 5.91 Å². The average molecular weight is 429 g/mol. The smallest absolute Gasteiger partial charge is 0.271 e. The summed E-state index contributed by atoms with van der Waals surface area (Å²) in [7, 11) is 3.17. The van der Waals surface area contributed by atoms with E-state index in [4.69, 9.17) is 21.1 Å². The second-order valence-corrected chi connectivity index (χ2v) is 7.50. The molecule has 0 bridgehead atoms. The molecule has 0 aliphatic rings. The summed E-state index contributed by atoms with van der Waals surface area (Å²) in [5.41, 5.74) is 3.81. The molecule has 7 nitrogen and oxygen atoms in total. The second kappa shape index (κ2) is 8.75. The number of aryl methyl sites for hydroxylation is 3. The Morgan fingerprint density at radius 3 is 2.37 bits per heavy atom. The largest absolute Gasteiger partial charge is 0.493 e. The molecule has 2 aromatic heterocycles. The van der Waals surface area contributed by atoms with E-state index in [1.54, 1.807) is 31.0 Å². The lowest BCUT2D eigenvalue weighted by atomic mass is 10.0. The first-order valence-electron chi connectivity index (χ1n) is 9.48. The van der Waals surface area contributed by atoms with Crippen LogP contribution in [0.15, 0.2) is 30.3 Å². The molecule has 1 amide bonds. The topological polar surface area (TPSA) is 78.3 Å². The van der Waals surface area contributed by atoms with E-state index in [9.17, 15) is 4.79 Å². The third-order valence-electron chi connectivity index (χ3n) is 4.86. The van der Waals surface area contributed by atoms with E-state index in [1.165, 1.54) is 0 Å². The van der Waals surface area contributed by atoms with Crippen molar-refractivity contribution in [1.29, 1.82) is 0 Å². The number of amides is 1. The van der Waals surface area contributed by atoms with Crippen LogP contribution in [-0.4, -0.2) is 34.9 Å². The molecule has 0 saturated carbocycles. The average Bonchev–Trinajstić information content (AvgIpc) is 3.05. The first-order valence-corrected chi connectivity index (χ1v) is 9.86. The number of carbonyl (C=O) groups is 1. The van der Waals surface area contributed by atoms with Crippen LogP contribution in [-0.2, 0) is 0 Å². The zero-order valence-electron chi connectivity index (χ0n) is 17.9. The van der Waals surface area contributed by atoms with Crippen molar-refractivity contribution < 1.29 is 14.3 Å². The van der Waals surface area contributed by atoms with Crippen LogP contribution in [0.5, 0.6) is 11.5 Å². The van der Waals surface area contributed by atoms with Gasteiger partial charge in [-0.1, -0.05) is 11.6 Å². The molecular formula is C22H25ClN4O3. The van der Waals surface area contributed by atoms with Gasteiger partial charge in [-0.05, 0) is 69.2 Å². The Labute approximate surface area is 181 Å². The molecule has 0 spiro atoms. The first-order chi connectivity index (χ1) is 14.2. The quantitative estimate of drug-likeness (QED) is 0.631. The molecule has 0 aliphatic carbocycles. The Morgan fingerprint density at radius 1 is 1.10 bits per heavy atom. The SMILES string of the molecule is COc1cc(C)c(C(C)NC(=O)c2nc(-n3nc(C)cc3C)ccc2Cl)cc1OC. The van der Waals surface area contributed by atoms with E-state index in [-0.39, 0.29) is 22.7 Å². The van der Waals surface area contributed by atoms with Crippen molar-refractivity contribution in [3.8, 4) is 17.3 Å². The molecule has 2 heterocycles. The van der Waals surface area contributed by atoms with E-state index in [1.807, 2.05) is 45.9 Å². The molecule has 0 aliphatic heterocycles. The van der Waals surface area contributed by atoms with Gasteiger partial charge in [0.15, 0.2) is 17.3 Å². The molecular weight excluding hydrogens is 404 g/mol. The lowest BCUT2D eigenvalue weighted by Crippen LogP contribution is -2.28. The zero-order chi connectivity index (χ0) is 22.0. The van der Waals surface area contributed by atoms with Gasteiger partial charge in [-0.25, -0.2) is 9.67 Å². The fourth-order valence-corrected chi connectivity index (χ4v) is 3.57. The van der Waals surface area contributed by atoms with Gasteiger partial charge in [0.05, 0.1) is 31.0 Å². The molecule has 1 aromatic carbocycles. The maximum atomic E-state index is 13.0. The van der Waals surface area contributed by atoms with Crippen LogP contribution >= 0.6 is 11.6 Å². The van der Waals surface area contributed by atoms with Gasteiger partial charge >= 0.3 is 0 Å². The molecule has 158 valence electrons. The maximum Gasteiger partial charge on any atom is 0.271 e. The van der Waals surface area contributed by atoms with Crippen molar-refractivity contribution in [3.05, 3.63) is 63.6 Å². The van der Waals surface area contributed by atoms with Crippen LogP contribution in [0.1, 0.15) is 46.0 Å². The zero-order valence-corrected chi connectivity index (χ0v) is 18.7. The van der Waals surface area contributed by atoms with Crippen molar-refractivity contribution >= 4 is 17.5 Å². The molecule has 3 rings (SSSR count). The molecule has 8 heteroatoms. The van der Waals surface area contributed by atoms with Crippen LogP contribution in [0.25, 0.3) is 5.82 Å². The molecule has 0 radical (unpaired) electrons. The van der Waals surface area contributed by atoms with Gasteiger partial charge < -0.3 is 14.8 Å². The predicted octanol–water partition coefficient (Wildman–Crippen LogP) is 4.35. The number of hydrogen-bond acceptors (Lipinski definition) is 5. The number of aromatic nitrogens is 3. The fourth-order valence-electron chi connectivity index (χ4n) is 3.38. The van der Waals surface area contributed by atoms with Gasteiger partial charge in [-0.2, -0.15) is 5.10 Å². The summed E-state index contributed by atoms with van der Waals surface area (Å²) in [6.07, 6.45) is 0. The summed E-state index contributed by atoms with van der Waals surface area (Å²) in [6, 6.07) is 8.78. The number of methoxy groups -OCH3 is 2. The van der Waals surface area contributed by atoms with E-state index >= 15 is 0 Å². The van der Waals surface area contributed by atoms with Crippen LogP contribution in [0.4, 0.5) is 0 Å². The summed E-state index contributed by atoms with van der Waals surface area (Å²) in [6.45, 7) is 7.68. The highest BCUT2D eigenvalue weighted by Gasteiger charge is 2.20. The predicted molar refractivity (Wildman–Crippen MR) is 116 cm³/mol. The molecule has 0 saturated heterocycles. The molecule has 3 aromatic rings. The first kappa shape index (κ1) is 21.6. The third kappa shape index (κ3) is 4.26. The van der Waals surface area contributed by atoms with E-state index in [2.05, 4.69) is 15.4 Å². The van der Waals surface area contributed by atoms with E-state index in [0.29, 0.717) is 17.3 Å². The molecule has 1 N–H and O–H groups in total. The van der Waals surface area contributed by atoms with Crippen LogP contribution in [0.3, 0.4) is 0 Å². The van der Waals surface area contributed by atoms with Gasteiger partial charge in [-0.3, -0.25) is 4.79 Å². The van der Waals surface area contributed by atoms with Crippen molar-refractivity contribution in [1.82, 2.24) is 20.1 Å². The minimum atomic E-state index is -0.370. The third-order valence-corrected chi connectivity index (χ3v) is 5.16. The Kier molecular flexibility index (Phi) is 6.31. The summed E-state index contributed by atoms with van der Waals surface area (Å²) >= 11 is 6.28. The highest BCUT2D eigenvalue weighted by atomic mass is 35.5. The number of carbonyl (C=O) groups excluding carboxylic acids is 1. The standard InChI is InChI=1S/C22H25ClN4O3/c1-12-9-18(29-5)19(30-6)11-16(12)15(4)24-22(28)21-17(23)7-8-20(25-21)27-14(3)10-13(2)26-27/h7-11,15H,1-6H3,(H,24,28). The Balaban J connectivity index is 1.89. The van der Waals surface area contributed by atoms with Crippen molar-refractivity contribution in [2.45, 2.75) is 33.7 Å². The minimum Gasteiger partial charge on any atom is -0.493 e. The number of halogens is 1. The van der Waals surface area contributed by atoms with Crippen molar-refractivity contribution in [2.75, 3.05) is 14.2 Å². The van der Waals surface area contributed by atoms with Crippen molar-refractivity contribution in [2.24, 2.45) is 0 Å². The summed E-state index contributed by atoms with van der Waals surface area (Å²) in [4.78, 5) is 17.4. The normalized spacial score (nSPS) is 11.8. The highest BCUT2D eigenvalue weighted by molar-refractivity contribution is 6.33. The minimum absolute atomic E-state index is 0.145. The number of pyridine rings is 1. The van der Waals surface area contributed by atoms with Gasteiger partial charge in [0, 0.05) is 5.69 Å². The fraction of sp³-hybridized carbons (Fsp3) is 0.318. The molecule has 1 atom stereocenters. The number of nitrogens with one attached hydrogen (secondary N) is 1. The van der Waals surface area contributed by atoms with Crippen molar-refractivity contribution in [3.63, 3.8) is 0 Å².